The van der Waals surface area contributed by atoms with Gasteiger partial charge in [0.1, 0.15) is 23.5 Å². The molecule has 96 valence electrons. The molecular weight excluding hydrogens is 247 g/mol. The predicted molar refractivity (Wildman–Crippen MR) is 70.0 cm³/mol. The van der Waals surface area contributed by atoms with E-state index < -0.39 is 11.4 Å². The number of hydrogen-bond acceptors (Lipinski definition) is 5. The van der Waals surface area contributed by atoms with Crippen LogP contribution in [0.25, 0.3) is 11.0 Å². The van der Waals surface area contributed by atoms with Crippen LogP contribution in [0.5, 0.6) is 5.75 Å². The topological polar surface area (TPSA) is 76.7 Å². The third kappa shape index (κ3) is 2.85. The van der Waals surface area contributed by atoms with Crippen molar-refractivity contribution in [3.63, 3.8) is 0 Å². The standard InChI is InChI=1S/C13H11BO5/c14-7-11(16)10-5-8-1-2-9(18-4-3-15)6-12(8)19-13(10)17/h1-2,5-6,15H,3-4,7H2. The van der Waals surface area contributed by atoms with Gasteiger partial charge in [-0.05, 0) is 24.5 Å². The molecule has 0 aliphatic rings. The van der Waals surface area contributed by atoms with E-state index in [1.165, 1.54) is 12.1 Å². The quantitative estimate of drug-likeness (QED) is 0.490. The van der Waals surface area contributed by atoms with Gasteiger partial charge in [-0.15, -0.1) is 0 Å². The van der Waals surface area contributed by atoms with Gasteiger partial charge in [-0.25, -0.2) is 4.79 Å². The van der Waals surface area contributed by atoms with Crippen LogP contribution >= 0.6 is 0 Å². The van der Waals surface area contributed by atoms with E-state index in [1.807, 2.05) is 0 Å². The summed E-state index contributed by atoms with van der Waals surface area (Å²) in [5.74, 6) is 0.0128. The molecule has 0 amide bonds. The number of aliphatic hydroxyl groups is 1. The van der Waals surface area contributed by atoms with Crippen LogP contribution < -0.4 is 10.4 Å². The Morgan fingerprint density at radius 2 is 2.16 bits per heavy atom. The fourth-order valence-corrected chi connectivity index (χ4v) is 1.65. The second kappa shape index (κ2) is 5.71. The number of aliphatic hydroxyl groups excluding tert-OH is 1. The SMILES string of the molecule is [B]CC(=O)c1cc2ccc(OCCO)cc2oc1=O. The van der Waals surface area contributed by atoms with Crippen molar-refractivity contribution in [2.45, 2.75) is 6.32 Å². The summed E-state index contributed by atoms with van der Waals surface area (Å²) < 4.78 is 10.3. The molecule has 6 heteroatoms. The summed E-state index contributed by atoms with van der Waals surface area (Å²) in [6.45, 7) is 0.0470. The van der Waals surface area contributed by atoms with Crippen molar-refractivity contribution in [3.05, 3.63) is 40.2 Å². The molecule has 1 aromatic carbocycles. The number of rotatable bonds is 5. The van der Waals surface area contributed by atoms with Gasteiger partial charge >= 0.3 is 5.63 Å². The van der Waals surface area contributed by atoms with Crippen molar-refractivity contribution < 1.29 is 19.1 Å². The molecule has 0 fully saturated rings. The molecule has 0 bridgehead atoms. The Labute approximate surface area is 110 Å². The second-order valence-corrected chi connectivity index (χ2v) is 3.85. The van der Waals surface area contributed by atoms with Gasteiger partial charge in [-0.3, -0.25) is 4.79 Å². The summed E-state index contributed by atoms with van der Waals surface area (Å²) in [6, 6.07) is 6.31. The third-order valence-electron chi connectivity index (χ3n) is 2.55. The third-order valence-corrected chi connectivity index (χ3v) is 2.55. The van der Waals surface area contributed by atoms with Gasteiger partial charge in [0.05, 0.1) is 14.5 Å². The number of carbonyl (C=O) groups is 1. The molecule has 0 aliphatic carbocycles. The maximum absolute atomic E-state index is 11.6. The smallest absolute Gasteiger partial charge is 0.347 e. The number of benzene rings is 1. The number of fused-ring (bicyclic) bond motifs is 1. The first-order chi connectivity index (χ1) is 9.15. The summed E-state index contributed by atoms with van der Waals surface area (Å²) in [4.78, 5) is 23.1. The molecule has 0 aliphatic heterocycles. The van der Waals surface area contributed by atoms with E-state index in [0.29, 0.717) is 16.7 Å². The first kappa shape index (κ1) is 13.4. The van der Waals surface area contributed by atoms with Crippen LogP contribution in [0, 0.1) is 0 Å². The number of hydrogen-bond donors (Lipinski definition) is 1. The molecule has 2 radical (unpaired) electrons. The fraction of sp³-hybridized carbons (Fsp3) is 0.231. The van der Waals surface area contributed by atoms with Crippen molar-refractivity contribution in [1.29, 1.82) is 0 Å². The summed E-state index contributed by atoms with van der Waals surface area (Å²) >= 11 is 0. The minimum atomic E-state index is -0.720. The van der Waals surface area contributed by atoms with Crippen LogP contribution in [0.2, 0.25) is 6.32 Å². The monoisotopic (exact) mass is 258 g/mol. The van der Waals surface area contributed by atoms with Gasteiger partial charge in [-0.2, -0.15) is 0 Å². The average Bonchev–Trinajstić information content (AvgIpc) is 2.43. The zero-order valence-corrected chi connectivity index (χ0v) is 10.1. The van der Waals surface area contributed by atoms with Crippen molar-refractivity contribution >= 4 is 24.6 Å². The largest absolute Gasteiger partial charge is 0.491 e. The Bertz CT molecular complexity index is 662. The van der Waals surface area contributed by atoms with Gasteiger partial charge in [0, 0.05) is 11.5 Å². The van der Waals surface area contributed by atoms with E-state index in [4.69, 9.17) is 22.1 Å². The molecule has 5 nitrogen and oxygen atoms in total. The van der Waals surface area contributed by atoms with E-state index in [1.54, 1.807) is 12.1 Å². The predicted octanol–water partition coefficient (Wildman–Crippen LogP) is 0.934. The fourth-order valence-electron chi connectivity index (χ4n) is 1.65. The Kier molecular flexibility index (Phi) is 4.01. The van der Waals surface area contributed by atoms with Crippen LogP contribution in [-0.2, 0) is 0 Å². The minimum Gasteiger partial charge on any atom is -0.491 e. The molecular formula is C13H11BO5. The molecule has 0 unspecified atom stereocenters. The van der Waals surface area contributed by atoms with Crippen LogP contribution in [0.15, 0.2) is 33.5 Å². The molecule has 0 spiro atoms. The van der Waals surface area contributed by atoms with E-state index in [2.05, 4.69) is 0 Å². The summed E-state index contributed by atoms with van der Waals surface area (Å²) in [5, 5.41) is 9.27. The molecule has 0 atom stereocenters. The van der Waals surface area contributed by atoms with Gasteiger partial charge in [0.2, 0.25) is 0 Å². The lowest BCUT2D eigenvalue weighted by atomic mass is 9.96. The maximum Gasteiger partial charge on any atom is 0.347 e. The maximum atomic E-state index is 11.6. The summed E-state index contributed by atoms with van der Waals surface area (Å²) in [5.41, 5.74) is -0.463. The lowest BCUT2D eigenvalue weighted by Crippen LogP contribution is -2.13. The molecule has 0 saturated heterocycles. The molecule has 2 rings (SSSR count). The van der Waals surface area contributed by atoms with E-state index in [0.717, 1.165) is 0 Å². The number of carbonyl (C=O) groups excluding carboxylic acids is 1. The molecule has 1 aromatic heterocycles. The number of ether oxygens (including phenoxy) is 1. The molecule has 2 aromatic rings. The Balaban J connectivity index is 2.46. The zero-order valence-electron chi connectivity index (χ0n) is 10.1. The lowest BCUT2D eigenvalue weighted by molar-refractivity contribution is 0.101. The Morgan fingerprint density at radius 1 is 1.37 bits per heavy atom. The summed E-state index contributed by atoms with van der Waals surface area (Å²) in [7, 11) is 5.22. The highest BCUT2D eigenvalue weighted by Gasteiger charge is 2.11. The van der Waals surface area contributed by atoms with E-state index in [9.17, 15) is 9.59 Å². The first-order valence-electron chi connectivity index (χ1n) is 5.70. The highest BCUT2D eigenvalue weighted by molar-refractivity contribution is 6.24. The minimum absolute atomic E-state index is 0.0565. The average molecular weight is 258 g/mol. The normalized spacial score (nSPS) is 10.6. The highest BCUT2D eigenvalue weighted by Crippen LogP contribution is 2.20. The van der Waals surface area contributed by atoms with Crippen molar-refractivity contribution in [2.24, 2.45) is 0 Å². The summed E-state index contributed by atoms with van der Waals surface area (Å²) in [6.07, 6.45) is -0.242. The zero-order chi connectivity index (χ0) is 13.8. The van der Waals surface area contributed by atoms with E-state index >= 15 is 0 Å². The van der Waals surface area contributed by atoms with Crippen molar-refractivity contribution in [2.75, 3.05) is 13.2 Å². The van der Waals surface area contributed by atoms with Crippen molar-refractivity contribution in [1.82, 2.24) is 0 Å². The molecule has 0 saturated carbocycles. The van der Waals surface area contributed by atoms with Gasteiger partial charge < -0.3 is 14.3 Å². The van der Waals surface area contributed by atoms with Gasteiger partial charge in [-0.1, -0.05) is 0 Å². The number of Topliss-reactive ketones (excluding diaryl/α,β-unsaturated/α-hetero) is 1. The molecule has 19 heavy (non-hydrogen) atoms. The molecule has 1 heterocycles. The van der Waals surface area contributed by atoms with Crippen LogP contribution in [-0.4, -0.2) is 31.9 Å². The number of ketones is 1. The lowest BCUT2D eigenvalue weighted by Gasteiger charge is -2.05. The van der Waals surface area contributed by atoms with E-state index in [-0.39, 0.29) is 25.1 Å². The van der Waals surface area contributed by atoms with Crippen LogP contribution in [0.3, 0.4) is 0 Å². The van der Waals surface area contributed by atoms with Gasteiger partial charge in [0.25, 0.3) is 0 Å². The molecule has 1 N–H and O–H groups in total. The highest BCUT2D eigenvalue weighted by atomic mass is 16.5. The first-order valence-corrected chi connectivity index (χ1v) is 5.70. The van der Waals surface area contributed by atoms with Crippen LogP contribution in [0.4, 0.5) is 0 Å². The van der Waals surface area contributed by atoms with Crippen molar-refractivity contribution in [3.8, 4) is 5.75 Å². The Morgan fingerprint density at radius 3 is 2.84 bits per heavy atom. The van der Waals surface area contributed by atoms with Crippen LogP contribution in [0.1, 0.15) is 10.4 Å². The Hall–Kier alpha value is -2.08. The van der Waals surface area contributed by atoms with Gasteiger partial charge in [0.15, 0.2) is 5.78 Å². The second-order valence-electron chi connectivity index (χ2n) is 3.85.